The van der Waals surface area contributed by atoms with Gasteiger partial charge in [0.1, 0.15) is 0 Å². The molecular weight excluding hydrogens is 199 g/mol. The van der Waals surface area contributed by atoms with Crippen molar-refractivity contribution in [2.45, 2.75) is 13.8 Å². The summed E-state index contributed by atoms with van der Waals surface area (Å²) in [4.78, 5) is 19.1. The SMILES string of the molecule is CCOCCOP(=O)(O)OC(C)=O. The van der Waals surface area contributed by atoms with Crippen LogP contribution in [0.4, 0.5) is 0 Å². The lowest BCUT2D eigenvalue weighted by molar-refractivity contribution is -0.133. The second-order valence-electron chi connectivity index (χ2n) is 2.08. The van der Waals surface area contributed by atoms with E-state index in [1.54, 1.807) is 6.92 Å². The Balaban J connectivity index is 3.63. The third-order valence-electron chi connectivity index (χ3n) is 0.930. The maximum absolute atomic E-state index is 10.8. The molecule has 0 aromatic rings. The lowest BCUT2D eigenvalue weighted by Gasteiger charge is -2.09. The van der Waals surface area contributed by atoms with E-state index in [4.69, 9.17) is 9.63 Å². The number of carbonyl (C=O) groups excluding carboxylic acids is 1. The largest absolute Gasteiger partial charge is 0.529 e. The first-order valence-electron chi connectivity index (χ1n) is 3.73. The fraction of sp³-hybridized carbons (Fsp3) is 0.833. The Hall–Kier alpha value is -0.420. The Morgan fingerprint density at radius 1 is 1.46 bits per heavy atom. The van der Waals surface area contributed by atoms with Crippen LogP contribution in [0.3, 0.4) is 0 Å². The molecule has 0 aliphatic rings. The van der Waals surface area contributed by atoms with Crippen molar-refractivity contribution < 1.29 is 28.0 Å². The van der Waals surface area contributed by atoms with E-state index in [1.807, 2.05) is 0 Å². The van der Waals surface area contributed by atoms with Gasteiger partial charge in [-0.15, -0.1) is 0 Å². The molecule has 0 bridgehead atoms. The first kappa shape index (κ1) is 12.6. The summed E-state index contributed by atoms with van der Waals surface area (Å²) >= 11 is 0. The van der Waals surface area contributed by atoms with Gasteiger partial charge in [0.2, 0.25) is 0 Å². The molecule has 0 spiro atoms. The van der Waals surface area contributed by atoms with Crippen molar-refractivity contribution in [3.8, 4) is 0 Å². The van der Waals surface area contributed by atoms with Crippen LogP contribution in [0.25, 0.3) is 0 Å². The lowest BCUT2D eigenvalue weighted by atomic mass is 10.8. The highest BCUT2D eigenvalue weighted by atomic mass is 31.2. The van der Waals surface area contributed by atoms with Gasteiger partial charge >= 0.3 is 13.8 Å². The summed E-state index contributed by atoms with van der Waals surface area (Å²) in [5, 5.41) is 0. The Kier molecular flexibility index (Phi) is 5.90. The van der Waals surface area contributed by atoms with Crippen LogP contribution in [0.15, 0.2) is 0 Å². The molecule has 1 unspecified atom stereocenters. The second-order valence-corrected chi connectivity index (χ2v) is 3.46. The monoisotopic (exact) mass is 212 g/mol. The zero-order chi connectivity index (χ0) is 10.3. The summed E-state index contributed by atoms with van der Waals surface area (Å²) in [6.45, 7) is 3.39. The number of hydrogen-bond donors (Lipinski definition) is 1. The molecule has 0 heterocycles. The highest BCUT2D eigenvalue weighted by molar-refractivity contribution is 7.48. The number of carbonyl (C=O) groups is 1. The molecule has 6 nitrogen and oxygen atoms in total. The van der Waals surface area contributed by atoms with E-state index in [1.165, 1.54) is 0 Å². The van der Waals surface area contributed by atoms with Crippen LogP contribution in [0.1, 0.15) is 13.8 Å². The van der Waals surface area contributed by atoms with Crippen LogP contribution in [-0.2, 0) is 23.1 Å². The van der Waals surface area contributed by atoms with E-state index in [-0.39, 0.29) is 13.2 Å². The van der Waals surface area contributed by atoms with E-state index >= 15 is 0 Å². The molecule has 13 heavy (non-hydrogen) atoms. The molecular formula is C6H13O6P. The summed E-state index contributed by atoms with van der Waals surface area (Å²) in [7, 11) is -4.22. The van der Waals surface area contributed by atoms with Crippen molar-refractivity contribution in [1.82, 2.24) is 0 Å². The van der Waals surface area contributed by atoms with Crippen molar-refractivity contribution >= 4 is 13.8 Å². The van der Waals surface area contributed by atoms with E-state index < -0.39 is 13.8 Å². The molecule has 0 radical (unpaired) electrons. The summed E-state index contributed by atoms with van der Waals surface area (Å²) < 4.78 is 24.1. The van der Waals surface area contributed by atoms with Crippen molar-refractivity contribution in [2.24, 2.45) is 0 Å². The molecule has 7 heteroatoms. The van der Waals surface area contributed by atoms with Gasteiger partial charge in [0.05, 0.1) is 13.2 Å². The van der Waals surface area contributed by atoms with E-state index in [2.05, 4.69) is 9.05 Å². The molecule has 78 valence electrons. The van der Waals surface area contributed by atoms with Gasteiger partial charge in [-0.3, -0.25) is 14.2 Å². The molecule has 0 amide bonds. The summed E-state index contributed by atoms with van der Waals surface area (Å²) in [5.74, 6) is -0.859. The first-order valence-corrected chi connectivity index (χ1v) is 5.22. The van der Waals surface area contributed by atoms with Crippen LogP contribution < -0.4 is 0 Å². The molecule has 0 rings (SSSR count). The molecule has 0 fully saturated rings. The number of phosphoric acid groups is 1. The molecule has 0 aromatic carbocycles. The Morgan fingerprint density at radius 2 is 2.08 bits per heavy atom. The van der Waals surface area contributed by atoms with Crippen LogP contribution in [0.2, 0.25) is 0 Å². The predicted octanol–water partition coefficient (Wildman–Crippen LogP) is 0.703. The molecule has 1 atom stereocenters. The average Bonchev–Trinajstić information content (AvgIpc) is 1.95. The Bertz CT molecular complexity index is 203. The fourth-order valence-electron chi connectivity index (χ4n) is 0.545. The minimum Gasteiger partial charge on any atom is -0.379 e. The van der Waals surface area contributed by atoms with Crippen LogP contribution in [0, 0.1) is 0 Å². The topological polar surface area (TPSA) is 82.1 Å². The van der Waals surface area contributed by atoms with Gasteiger partial charge in [0.25, 0.3) is 0 Å². The predicted molar refractivity (Wildman–Crippen MR) is 44.0 cm³/mol. The van der Waals surface area contributed by atoms with Crippen molar-refractivity contribution in [3.63, 3.8) is 0 Å². The normalized spacial score (nSPS) is 15.0. The van der Waals surface area contributed by atoms with Crippen molar-refractivity contribution in [3.05, 3.63) is 0 Å². The summed E-state index contributed by atoms with van der Waals surface area (Å²) in [6.07, 6.45) is 0. The van der Waals surface area contributed by atoms with Gasteiger partial charge in [-0.05, 0) is 6.92 Å². The fourth-order valence-corrected chi connectivity index (χ4v) is 1.23. The quantitative estimate of drug-likeness (QED) is 0.515. The molecule has 0 saturated heterocycles. The van der Waals surface area contributed by atoms with E-state index in [9.17, 15) is 9.36 Å². The molecule has 0 saturated carbocycles. The maximum Gasteiger partial charge on any atom is 0.529 e. The maximum atomic E-state index is 10.8. The van der Waals surface area contributed by atoms with Gasteiger partial charge in [-0.25, -0.2) is 4.57 Å². The van der Waals surface area contributed by atoms with Crippen LogP contribution in [0.5, 0.6) is 0 Å². The lowest BCUT2D eigenvalue weighted by Crippen LogP contribution is -2.05. The van der Waals surface area contributed by atoms with Gasteiger partial charge in [-0.2, -0.15) is 0 Å². The third kappa shape index (κ3) is 7.93. The van der Waals surface area contributed by atoms with Gasteiger partial charge in [0.15, 0.2) is 0 Å². The second kappa shape index (κ2) is 6.10. The highest BCUT2D eigenvalue weighted by Gasteiger charge is 2.23. The highest BCUT2D eigenvalue weighted by Crippen LogP contribution is 2.42. The Labute approximate surface area is 76.4 Å². The molecule has 0 aliphatic carbocycles. The molecule has 0 aromatic heterocycles. The number of rotatable bonds is 6. The van der Waals surface area contributed by atoms with E-state index in [0.29, 0.717) is 6.61 Å². The minimum atomic E-state index is -4.22. The number of phosphoric ester groups is 1. The van der Waals surface area contributed by atoms with E-state index in [0.717, 1.165) is 6.92 Å². The van der Waals surface area contributed by atoms with Crippen molar-refractivity contribution in [2.75, 3.05) is 19.8 Å². The number of ether oxygens (including phenoxy) is 1. The molecule has 1 N–H and O–H groups in total. The minimum absolute atomic E-state index is 0.0884. The first-order chi connectivity index (χ1) is 5.98. The van der Waals surface area contributed by atoms with Gasteiger partial charge < -0.3 is 9.26 Å². The van der Waals surface area contributed by atoms with Gasteiger partial charge in [0, 0.05) is 13.5 Å². The number of hydrogen-bond acceptors (Lipinski definition) is 5. The van der Waals surface area contributed by atoms with Crippen LogP contribution >= 0.6 is 7.82 Å². The Morgan fingerprint density at radius 3 is 2.54 bits per heavy atom. The third-order valence-corrected chi connectivity index (χ3v) is 1.93. The standard InChI is InChI=1S/C6H13O6P/c1-3-10-4-5-11-13(8,9)12-6(2)7/h3-5H2,1-2H3,(H,8,9). The molecule has 0 aliphatic heterocycles. The zero-order valence-electron chi connectivity index (χ0n) is 7.56. The van der Waals surface area contributed by atoms with Crippen LogP contribution in [-0.4, -0.2) is 30.7 Å². The summed E-state index contributed by atoms with van der Waals surface area (Å²) in [6, 6.07) is 0. The van der Waals surface area contributed by atoms with Crippen molar-refractivity contribution in [1.29, 1.82) is 0 Å². The smallest absolute Gasteiger partial charge is 0.379 e. The van der Waals surface area contributed by atoms with Gasteiger partial charge in [-0.1, -0.05) is 0 Å². The zero-order valence-corrected chi connectivity index (χ0v) is 8.45. The summed E-state index contributed by atoms with van der Waals surface area (Å²) in [5.41, 5.74) is 0. The average molecular weight is 212 g/mol.